The van der Waals surface area contributed by atoms with Crippen molar-refractivity contribution >= 4 is 12.0 Å². The largest absolute Gasteiger partial charge is 0.443 e. The molecule has 0 aromatic carbocycles. The highest BCUT2D eigenvalue weighted by Crippen LogP contribution is 2.13. The Bertz CT molecular complexity index is 282. The van der Waals surface area contributed by atoms with E-state index in [2.05, 4.69) is 24.7 Å². The van der Waals surface area contributed by atoms with Crippen LogP contribution < -0.4 is 10.9 Å². The van der Waals surface area contributed by atoms with Gasteiger partial charge in [0.05, 0.1) is 0 Å². The van der Waals surface area contributed by atoms with E-state index < -0.39 is 11.7 Å². The minimum atomic E-state index is -0.646. The lowest BCUT2D eigenvalue weighted by atomic mass is 9.96. The third-order valence-electron chi connectivity index (χ3n) is 2.11. The Morgan fingerprint density at radius 2 is 1.67 bits per heavy atom. The third kappa shape index (κ3) is 9.93. The van der Waals surface area contributed by atoms with Crippen LogP contribution in [0.5, 0.6) is 0 Å². The van der Waals surface area contributed by atoms with Crippen LogP contribution in [0.2, 0.25) is 0 Å². The van der Waals surface area contributed by atoms with Crippen LogP contribution >= 0.6 is 0 Å². The molecule has 2 amide bonds. The normalized spacial score (nSPS) is 13.1. The molecule has 0 aliphatic heterocycles. The molecule has 18 heavy (non-hydrogen) atoms. The van der Waals surface area contributed by atoms with Gasteiger partial charge in [-0.15, -0.1) is 0 Å². The maximum absolute atomic E-state index is 11.5. The van der Waals surface area contributed by atoms with Crippen LogP contribution in [0, 0.1) is 11.8 Å². The molecule has 0 unspecified atom stereocenters. The van der Waals surface area contributed by atoms with Crippen molar-refractivity contribution in [2.75, 3.05) is 0 Å². The van der Waals surface area contributed by atoms with Crippen LogP contribution in [-0.4, -0.2) is 17.6 Å². The molecule has 0 heterocycles. The van der Waals surface area contributed by atoms with Gasteiger partial charge in [0.2, 0.25) is 5.91 Å². The number of nitrogens with one attached hydrogen (secondary N) is 2. The Labute approximate surface area is 110 Å². The first-order valence-electron chi connectivity index (χ1n) is 6.38. The summed E-state index contributed by atoms with van der Waals surface area (Å²) in [7, 11) is 0. The van der Waals surface area contributed by atoms with Crippen molar-refractivity contribution in [2.45, 2.75) is 60.0 Å². The van der Waals surface area contributed by atoms with E-state index >= 15 is 0 Å². The van der Waals surface area contributed by atoms with Crippen LogP contribution in [0.25, 0.3) is 0 Å². The summed E-state index contributed by atoms with van der Waals surface area (Å²) in [5, 5.41) is 0. The fourth-order valence-electron chi connectivity index (χ4n) is 1.68. The molecule has 0 saturated carbocycles. The Morgan fingerprint density at radius 1 is 1.11 bits per heavy atom. The number of hydrazine groups is 1. The third-order valence-corrected chi connectivity index (χ3v) is 2.11. The Morgan fingerprint density at radius 3 is 2.11 bits per heavy atom. The van der Waals surface area contributed by atoms with E-state index in [0.29, 0.717) is 18.3 Å². The number of amides is 2. The zero-order valence-electron chi connectivity index (χ0n) is 12.3. The number of ether oxygens (including phenoxy) is 1. The van der Waals surface area contributed by atoms with Crippen LogP contribution in [-0.2, 0) is 9.53 Å². The standard InChI is InChI=1S/C13H26N2O3/c1-9(2)7-10(3)8-11(16)14-15-12(17)18-13(4,5)6/h9-10H,7-8H2,1-6H3,(H,14,16)(H,15,17)/t10-/m0/s1. The van der Waals surface area contributed by atoms with Crippen molar-refractivity contribution in [3.05, 3.63) is 0 Å². The van der Waals surface area contributed by atoms with Crippen LogP contribution in [0.4, 0.5) is 4.79 Å². The Balaban J connectivity index is 3.87. The Kier molecular flexibility index (Phi) is 6.73. The molecular formula is C13H26N2O3. The molecule has 0 rings (SSSR count). The quantitative estimate of drug-likeness (QED) is 0.762. The predicted molar refractivity (Wildman–Crippen MR) is 70.7 cm³/mol. The molecule has 2 N–H and O–H groups in total. The van der Waals surface area contributed by atoms with Crippen molar-refractivity contribution in [3.8, 4) is 0 Å². The van der Waals surface area contributed by atoms with Gasteiger partial charge in [0.1, 0.15) is 5.60 Å². The summed E-state index contributed by atoms with van der Waals surface area (Å²) in [6, 6.07) is 0. The van der Waals surface area contributed by atoms with Gasteiger partial charge in [-0.3, -0.25) is 10.2 Å². The first kappa shape index (κ1) is 16.7. The molecule has 0 radical (unpaired) electrons. The van der Waals surface area contributed by atoms with Gasteiger partial charge in [0, 0.05) is 6.42 Å². The molecule has 1 atom stereocenters. The topological polar surface area (TPSA) is 67.4 Å². The summed E-state index contributed by atoms with van der Waals surface area (Å²) in [6.07, 6.45) is 0.737. The van der Waals surface area contributed by atoms with E-state index in [4.69, 9.17) is 4.74 Å². The summed E-state index contributed by atoms with van der Waals surface area (Å²) in [6.45, 7) is 11.5. The second kappa shape index (κ2) is 7.24. The van der Waals surface area contributed by atoms with Crippen LogP contribution in [0.15, 0.2) is 0 Å². The van der Waals surface area contributed by atoms with Gasteiger partial charge in [0.25, 0.3) is 0 Å². The molecule has 0 fully saturated rings. The van der Waals surface area contributed by atoms with E-state index in [0.717, 1.165) is 6.42 Å². The molecule has 0 aliphatic rings. The highest BCUT2D eigenvalue weighted by molar-refractivity contribution is 5.79. The van der Waals surface area contributed by atoms with Gasteiger partial charge >= 0.3 is 6.09 Å². The van der Waals surface area contributed by atoms with Crippen molar-refractivity contribution in [2.24, 2.45) is 11.8 Å². The second-order valence-electron chi connectivity index (χ2n) is 6.11. The van der Waals surface area contributed by atoms with E-state index in [-0.39, 0.29) is 5.91 Å². The van der Waals surface area contributed by atoms with Crippen LogP contribution in [0.1, 0.15) is 54.4 Å². The average Bonchev–Trinajstić information content (AvgIpc) is 2.10. The molecule has 0 aliphatic carbocycles. The highest BCUT2D eigenvalue weighted by Gasteiger charge is 2.17. The van der Waals surface area contributed by atoms with Crippen LogP contribution in [0.3, 0.4) is 0 Å². The van der Waals surface area contributed by atoms with E-state index in [1.54, 1.807) is 20.8 Å². The molecule has 0 spiro atoms. The lowest BCUT2D eigenvalue weighted by molar-refractivity contribution is -0.123. The zero-order valence-corrected chi connectivity index (χ0v) is 12.3. The first-order chi connectivity index (χ1) is 8.10. The SMILES string of the molecule is CC(C)C[C@H](C)CC(=O)NNC(=O)OC(C)(C)C. The predicted octanol–water partition coefficient (Wildman–Crippen LogP) is 2.61. The molecule has 5 nitrogen and oxygen atoms in total. The molecule has 0 aromatic heterocycles. The van der Waals surface area contributed by atoms with E-state index in [1.165, 1.54) is 0 Å². The maximum Gasteiger partial charge on any atom is 0.426 e. The minimum absolute atomic E-state index is 0.200. The monoisotopic (exact) mass is 258 g/mol. The van der Waals surface area contributed by atoms with Gasteiger partial charge in [-0.2, -0.15) is 0 Å². The highest BCUT2D eigenvalue weighted by atomic mass is 16.6. The fourth-order valence-corrected chi connectivity index (χ4v) is 1.68. The van der Waals surface area contributed by atoms with E-state index in [1.807, 2.05) is 6.92 Å². The first-order valence-corrected chi connectivity index (χ1v) is 6.38. The summed E-state index contributed by atoms with van der Waals surface area (Å²) in [5.41, 5.74) is 4.01. The number of carbonyl (C=O) groups excluding carboxylic acids is 2. The second-order valence-corrected chi connectivity index (χ2v) is 6.11. The van der Waals surface area contributed by atoms with Gasteiger partial charge in [0.15, 0.2) is 0 Å². The lowest BCUT2D eigenvalue weighted by Crippen LogP contribution is -2.44. The van der Waals surface area contributed by atoms with Crippen molar-refractivity contribution in [1.29, 1.82) is 0 Å². The van der Waals surface area contributed by atoms with Crippen molar-refractivity contribution in [3.63, 3.8) is 0 Å². The van der Waals surface area contributed by atoms with Gasteiger partial charge in [-0.05, 0) is 39.0 Å². The molecule has 0 saturated heterocycles. The molecular weight excluding hydrogens is 232 g/mol. The van der Waals surface area contributed by atoms with Gasteiger partial charge in [-0.25, -0.2) is 10.2 Å². The molecule has 106 valence electrons. The summed E-state index contributed by atoms with van der Waals surface area (Å²) in [5.74, 6) is 0.658. The Hall–Kier alpha value is -1.26. The molecule has 0 aromatic rings. The maximum atomic E-state index is 11.5. The number of rotatable bonds is 4. The fraction of sp³-hybridized carbons (Fsp3) is 0.846. The summed E-state index contributed by atoms with van der Waals surface area (Å²) < 4.78 is 4.99. The van der Waals surface area contributed by atoms with E-state index in [9.17, 15) is 9.59 Å². The average molecular weight is 258 g/mol. The lowest BCUT2D eigenvalue weighted by Gasteiger charge is -2.20. The van der Waals surface area contributed by atoms with Gasteiger partial charge in [-0.1, -0.05) is 20.8 Å². The van der Waals surface area contributed by atoms with Crippen molar-refractivity contribution in [1.82, 2.24) is 10.9 Å². The zero-order chi connectivity index (χ0) is 14.3. The summed E-state index contributed by atoms with van der Waals surface area (Å²) >= 11 is 0. The summed E-state index contributed by atoms with van der Waals surface area (Å²) in [4.78, 5) is 22.8. The van der Waals surface area contributed by atoms with Gasteiger partial charge < -0.3 is 4.74 Å². The molecule has 5 heteroatoms. The number of hydrogen-bond acceptors (Lipinski definition) is 3. The smallest absolute Gasteiger partial charge is 0.426 e. The number of carbonyl (C=O) groups is 2. The number of hydrogen-bond donors (Lipinski definition) is 2. The van der Waals surface area contributed by atoms with Crippen molar-refractivity contribution < 1.29 is 14.3 Å². The minimum Gasteiger partial charge on any atom is -0.443 e. The molecule has 0 bridgehead atoms.